The highest BCUT2D eigenvalue weighted by molar-refractivity contribution is 5.17. The molecule has 0 amide bonds. The molecule has 1 rings (SSSR count). The molecule has 1 aromatic carbocycles. The second-order valence-corrected chi connectivity index (χ2v) is 3.20. The van der Waals surface area contributed by atoms with Crippen molar-refractivity contribution in [1.82, 2.24) is 0 Å². The zero-order valence-electron chi connectivity index (χ0n) is 10.3. The minimum Gasteiger partial charge on any atom is -0.388 e. The topological polar surface area (TPSA) is 13.6 Å². The zero-order chi connectivity index (χ0) is 12.1. The van der Waals surface area contributed by atoms with Crippen molar-refractivity contribution < 1.29 is 4.74 Å². The van der Waals surface area contributed by atoms with Gasteiger partial charge in [-0.2, -0.15) is 0 Å². The first-order valence-corrected chi connectivity index (χ1v) is 4.84. The molecule has 2 nitrogen and oxygen atoms in total. The Bertz CT molecular complexity index is 249. The molecular weight excluding hydrogens is 186 g/mol. The predicted octanol–water partition coefficient (Wildman–Crippen LogP) is 3.61. The lowest BCUT2D eigenvalue weighted by Crippen LogP contribution is -1.83. The zero-order valence-corrected chi connectivity index (χ0v) is 10.3. The fraction of sp³-hybridized carbons (Fsp3) is 0.462. The average Bonchev–Trinajstić information content (AvgIpc) is 2.21. The second-order valence-electron chi connectivity index (χ2n) is 3.20. The smallest absolute Gasteiger partial charge is 0.205 e. The SMILES string of the molecule is CC(C)c1ccccc1.COC.[C-]#[N+]C. The standard InChI is InChI=1S/C9H12.C2H3N.C2H6O/c1-8(2)9-6-4-3-5-7-9;2*1-3-2/h3-8H,1-2H3;1H3;1-2H3. The Balaban J connectivity index is 0. The Kier molecular flexibility index (Phi) is 13.6. The van der Waals surface area contributed by atoms with Crippen LogP contribution in [0.5, 0.6) is 0 Å². The first kappa shape index (κ1) is 16.1. The van der Waals surface area contributed by atoms with E-state index in [2.05, 4.69) is 47.7 Å². The number of hydrogen-bond donors (Lipinski definition) is 0. The molecule has 0 aliphatic carbocycles. The highest BCUT2D eigenvalue weighted by Crippen LogP contribution is 2.11. The molecule has 0 saturated heterocycles. The van der Waals surface area contributed by atoms with Crippen LogP contribution < -0.4 is 0 Å². The van der Waals surface area contributed by atoms with Gasteiger partial charge >= 0.3 is 0 Å². The Hall–Kier alpha value is -1.33. The van der Waals surface area contributed by atoms with E-state index in [1.165, 1.54) is 12.6 Å². The molecule has 0 aliphatic rings. The van der Waals surface area contributed by atoms with Crippen molar-refractivity contribution in [3.05, 3.63) is 47.3 Å². The van der Waals surface area contributed by atoms with E-state index in [0.717, 1.165) is 0 Å². The van der Waals surface area contributed by atoms with E-state index in [4.69, 9.17) is 6.57 Å². The van der Waals surface area contributed by atoms with Crippen molar-refractivity contribution in [3.8, 4) is 0 Å². The van der Waals surface area contributed by atoms with Crippen LogP contribution in [0.15, 0.2) is 30.3 Å². The lowest BCUT2D eigenvalue weighted by Gasteiger charge is -2.01. The third-order valence-electron chi connectivity index (χ3n) is 1.47. The van der Waals surface area contributed by atoms with E-state index >= 15 is 0 Å². The van der Waals surface area contributed by atoms with E-state index in [1.54, 1.807) is 14.2 Å². The van der Waals surface area contributed by atoms with E-state index in [-0.39, 0.29) is 0 Å². The second kappa shape index (κ2) is 12.7. The quantitative estimate of drug-likeness (QED) is 0.641. The summed E-state index contributed by atoms with van der Waals surface area (Å²) in [6.45, 7) is 10.2. The molecule has 0 heterocycles. The van der Waals surface area contributed by atoms with E-state index in [0.29, 0.717) is 5.92 Å². The van der Waals surface area contributed by atoms with Crippen molar-refractivity contribution in [1.29, 1.82) is 0 Å². The van der Waals surface area contributed by atoms with Crippen molar-refractivity contribution in [2.24, 2.45) is 0 Å². The van der Waals surface area contributed by atoms with Gasteiger partial charge < -0.3 is 9.58 Å². The molecule has 0 N–H and O–H groups in total. The van der Waals surface area contributed by atoms with Gasteiger partial charge in [-0.25, -0.2) is 6.57 Å². The van der Waals surface area contributed by atoms with Crippen molar-refractivity contribution >= 4 is 0 Å². The van der Waals surface area contributed by atoms with Gasteiger partial charge in [0.2, 0.25) is 7.05 Å². The molecule has 0 atom stereocenters. The third kappa shape index (κ3) is 12.7. The lowest BCUT2D eigenvalue weighted by atomic mass is 10.0. The van der Waals surface area contributed by atoms with Crippen LogP contribution in [0.2, 0.25) is 0 Å². The molecule has 1 aromatic rings. The van der Waals surface area contributed by atoms with Gasteiger partial charge in [-0.3, -0.25) is 0 Å². The van der Waals surface area contributed by atoms with Crippen LogP contribution in [0, 0.1) is 6.57 Å². The largest absolute Gasteiger partial charge is 0.388 e. The molecule has 0 bridgehead atoms. The van der Waals surface area contributed by atoms with Gasteiger partial charge in [-0.05, 0) is 11.5 Å². The fourth-order valence-corrected chi connectivity index (χ4v) is 0.838. The highest BCUT2D eigenvalue weighted by atomic mass is 16.4. The van der Waals surface area contributed by atoms with Crippen molar-refractivity contribution in [3.63, 3.8) is 0 Å². The van der Waals surface area contributed by atoms with Crippen molar-refractivity contribution in [2.75, 3.05) is 21.3 Å². The van der Waals surface area contributed by atoms with Crippen LogP contribution in [0.1, 0.15) is 25.3 Å². The van der Waals surface area contributed by atoms with Crippen LogP contribution >= 0.6 is 0 Å². The molecule has 0 saturated carbocycles. The Morgan fingerprint density at radius 3 is 1.67 bits per heavy atom. The molecule has 0 aliphatic heterocycles. The minimum absolute atomic E-state index is 0.659. The number of nitrogens with zero attached hydrogens (tertiary/aromatic N) is 1. The summed E-state index contributed by atoms with van der Waals surface area (Å²) in [5.41, 5.74) is 1.41. The van der Waals surface area contributed by atoms with Gasteiger partial charge in [-0.1, -0.05) is 44.2 Å². The number of ether oxygens (including phenoxy) is 1. The lowest BCUT2D eigenvalue weighted by molar-refractivity contribution is 0.277. The summed E-state index contributed by atoms with van der Waals surface area (Å²) in [5.74, 6) is 0.659. The molecule has 15 heavy (non-hydrogen) atoms. The summed E-state index contributed by atoms with van der Waals surface area (Å²) in [7, 11) is 4.67. The first-order chi connectivity index (χ1) is 7.13. The van der Waals surface area contributed by atoms with Gasteiger partial charge in [-0.15, -0.1) is 0 Å². The molecule has 2 heteroatoms. The normalized spacial score (nSPS) is 7.80. The van der Waals surface area contributed by atoms with Gasteiger partial charge in [0.1, 0.15) is 0 Å². The van der Waals surface area contributed by atoms with Gasteiger partial charge in [0.05, 0.1) is 0 Å². The molecular formula is C13H21NO. The Labute approximate surface area is 93.7 Å². The molecule has 84 valence electrons. The summed E-state index contributed by atoms with van der Waals surface area (Å²) >= 11 is 0. The van der Waals surface area contributed by atoms with Gasteiger partial charge in [0.25, 0.3) is 0 Å². The van der Waals surface area contributed by atoms with Crippen LogP contribution in [0.4, 0.5) is 0 Å². The predicted molar refractivity (Wildman–Crippen MR) is 66.0 cm³/mol. The third-order valence-corrected chi connectivity index (χ3v) is 1.47. The number of rotatable bonds is 1. The number of hydrogen-bond acceptors (Lipinski definition) is 1. The summed E-state index contributed by atoms with van der Waals surface area (Å²) in [6.07, 6.45) is 0. The van der Waals surface area contributed by atoms with E-state index < -0.39 is 0 Å². The molecule has 0 unspecified atom stereocenters. The van der Waals surface area contributed by atoms with Crippen LogP contribution in [-0.4, -0.2) is 21.3 Å². The average molecular weight is 207 g/mol. The molecule has 0 fully saturated rings. The van der Waals surface area contributed by atoms with Crippen molar-refractivity contribution in [2.45, 2.75) is 19.8 Å². The number of methoxy groups -OCH3 is 1. The molecule has 0 spiro atoms. The summed E-state index contributed by atoms with van der Waals surface area (Å²) in [4.78, 5) is 2.75. The summed E-state index contributed by atoms with van der Waals surface area (Å²) < 4.78 is 4.25. The monoisotopic (exact) mass is 207 g/mol. The molecule has 0 radical (unpaired) electrons. The maximum Gasteiger partial charge on any atom is 0.205 e. The van der Waals surface area contributed by atoms with E-state index in [1.807, 2.05) is 6.07 Å². The summed E-state index contributed by atoms with van der Waals surface area (Å²) in [6, 6.07) is 10.5. The first-order valence-electron chi connectivity index (χ1n) is 4.84. The van der Waals surface area contributed by atoms with Crippen LogP contribution in [0.25, 0.3) is 4.85 Å². The maximum absolute atomic E-state index is 5.83. The Morgan fingerprint density at radius 2 is 1.47 bits per heavy atom. The van der Waals surface area contributed by atoms with E-state index in [9.17, 15) is 0 Å². The highest BCUT2D eigenvalue weighted by Gasteiger charge is 1.93. The minimum atomic E-state index is 0.659. The Morgan fingerprint density at radius 1 is 1.13 bits per heavy atom. The maximum atomic E-state index is 5.83. The fourth-order valence-electron chi connectivity index (χ4n) is 0.838. The molecule has 0 aromatic heterocycles. The van der Waals surface area contributed by atoms with Crippen LogP contribution in [0.3, 0.4) is 0 Å². The van der Waals surface area contributed by atoms with Crippen LogP contribution in [-0.2, 0) is 4.74 Å². The number of benzene rings is 1. The van der Waals surface area contributed by atoms with Gasteiger partial charge in [0, 0.05) is 14.2 Å². The van der Waals surface area contributed by atoms with Gasteiger partial charge in [0.15, 0.2) is 0 Å². The summed E-state index contributed by atoms with van der Waals surface area (Å²) in [5, 5.41) is 0.